The lowest BCUT2D eigenvalue weighted by molar-refractivity contribution is -0.115. The van der Waals surface area contributed by atoms with E-state index in [1.165, 1.54) is 23.9 Å². The molecule has 0 spiro atoms. The van der Waals surface area contributed by atoms with Crippen LogP contribution in [0.15, 0.2) is 29.4 Å². The Morgan fingerprint density at radius 1 is 1.55 bits per heavy atom. The van der Waals surface area contributed by atoms with Crippen molar-refractivity contribution >= 4 is 23.4 Å². The van der Waals surface area contributed by atoms with E-state index in [0.29, 0.717) is 10.8 Å². The number of thioether (sulfide) groups is 1. The number of anilines is 1. The molecule has 0 saturated heterocycles. The molecule has 106 valence electrons. The van der Waals surface area contributed by atoms with Gasteiger partial charge in [-0.1, -0.05) is 24.8 Å². The largest absolute Gasteiger partial charge is 0.325 e. The highest BCUT2D eigenvalue weighted by atomic mass is 32.2. The van der Waals surface area contributed by atoms with Crippen LogP contribution >= 0.6 is 11.8 Å². The molecule has 0 aliphatic carbocycles. The number of aromatic nitrogens is 3. The quantitative estimate of drug-likeness (QED) is 0.832. The highest BCUT2D eigenvalue weighted by molar-refractivity contribution is 8.00. The summed E-state index contributed by atoms with van der Waals surface area (Å²) in [7, 11) is 0. The van der Waals surface area contributed by atoms with Gasteiger partial charge in [0.25, 0.3) is 0 Å². The standard InChI is InChI=1S/C13H15FN4OS/c1-3-11-16-13(18-17-11)20-8(2)12(19)15-10-6-4-5-9(14)7-10/h4-8H,3H2,1-2H3,(H,15,19)(H,16,17,18). The monoisotopic (exact) mass is 294 g/mol. The van der Waals surface area contributed by atoms with E-state index < -0.39 is 0 Å². The van der Waals surface area contributed by atoms with Crippen molar-refractivity contribution in [2.45, 2.75) is 30.7 Å². The molecule has 0 bridgehead atoms. The third kappa shape index (κ3) is 3.80. The van der Waals surface area contributed by atoms with E-state index in [9.17, 15) is 9.18 Å². The number of carbonyl (C=O) groups is 1. The van der Waals surface area contributed by atoms with E-state index in [4.69, 9.17) is 0 Å². The molecule has 0 radical (unpaired) electrons. The highest BCUT2D eigenvalue weighted by Crippen LogP contribution is 2.20. The molecule has 20 heavy (non-hydrogen) atoms. The second-order valence-corrected chi connectivity index (χ2v) is 5.49. The fourth-order valence-corrected chi connectivity index (χ4v) is 2.25. The number of hydrogen-bond donors (Lipinski definition) is 2. The number of carbonyl (C=O) groups excluding carboxylic acids is 1. The summed E-state index contributed by atoms with van der Waals surface area (Å²) >= 11 is 1.25. The molecule has 0 saturated carbocycles. The summed E-state index contributed by atoms with van der Waals surface area (Å²) in [5.74, 6) is 0.179. The van der Waals surface area contributed by atoms with Crippen molar-refractivity contribution in [3.05, 3.63) is 35.9 Å². The summed E-state index contributed by atoms with van der Waals surface area (Å²) in [5.41, 5.74) is 0.437. The van der Waals surface area contributed by atoms with Gasteiger partial charge in [-0.05, 0) is 25.1 Å². The van der Waals surface area contributed by atoms with Crippen molar-refractivity contribution < 1.29 is 9.18 Å². The van der Waals surface area contributed by atoms with Crippen molar-refractivity contribution in [1.29, 1.82) is 0 Å². The lowest BCUT2D eigenvalue weighted by Gasteiger charge is -2.10. The van der Waals surface area contributed by atoms with Gasteiger partial charge in [-0.2, -0.15) is 0 Å². The third-order valence-electron chi connectivity index (χ3n) is 2.59. The predicted octanol–water partition coefficient (Wildman–Crippen LogP) is 2.63. The van der Waals surface area contributed by atoms with Crippen LogP contribution in [0.25, 0.3) is 0 Å². The summed E-state index contributed by atoms with van der Waals surface area (Å²) in [6, 6.07) is 5.79. The first-order chi connectivity index (χ1) is 9.58. The smallest absolute Gasteiger partial charge is 0.237 e. The van der Waals surface area contributed by atoms with Gasteiger partial charge < -0.3 is 5.32 Å². The maximum atomic E-state index is 13.0. The maximum Gasteiger partial charge on any atom is 0.237 e. The first kappa shape index (κ1) is 14.5. The van der Waals surface area contributed by atoms with Crippen LogP contribution in [0.4, 0.5) is 10.1 Å². The zero-order valence-electron chi connectivity index (χ0n) is 11.2. The Labute approximate surface area is 120 Å². The Morgan fingerprint density at radius 3 is 3.00 bits per heavy atom. The van der Waals surface area contributed by atoms with Gasteiger partial charge >= 0.3 is 0 Å². The van der Waals surface area contributed by atoms with E-state index in [-0.39, 0.29) is 17.0 Å². The van der Waals surface area contributed by atoms with Crippen LogP contribution in [-0.2, 0) is 11.2 Å². The number of benzene rings is 1. The van der Waals surface area contributed by atoms with Gasteiger partial charge in [0.05, 0.1) is 5.25 Å². The maximum absolute atomic E-state index is 13.0. The zero-order valence-corrected chi connectivity index (χ0v) is 12.0. The number of hydrogen-bond acceptors (Lipinski definition) is 4. The predicted molar refractivity (Wildman–Crippen MR) is 76.1 cm³/mol. The number of nitrogens with zero attached hydrogens (tertiary/aromatic N) is 2. The normalized spacial score (nSPS) is 12.2. The van der Waals surface area contributed by atoms with Gasteiger partial charge in [-0.25, -0.2) is 9.37 Å². The minimum Gasteiger partial charge on any atom is -0.325 e. The number of amides is 1. The first-order valence-electron chi connectivity index (χ1n) is 6.23. The SMILES string of the molecule is CCc1nc(SC(C)C(=O)Nc2cccc(F)c2)n[nH]1. The topological polar surface area (TPSA) is 70.7 Å². The molecule has 1 unspecified atom stereocenters. The van der Waals surface area contributed by atoms with Crippen molar-refractivity contribution in [2.24, 2.45) is 0 Å². The summed E-state index contributed by atoms with van der Waals surface area (Å²) in [5, 5.41) is 9.62. The Kier molecular flexibility index (Phi) is 4.73. The van der Waals surface area contributed by atoms with E-state index in [1.54, 1.807) is 19.1 Å². The van der Waals surface area contributed by atoms with Crippen molar-refractivity contribution in [3.63, 3.8) is 0 Å². The van der Waals surface area contributed by atoms with Crippen LogP contribution < -0.4 is 5.32 Å². The van der Waals surface area contributed by atoms with Crippen LogP contribution in [-0.4, -0.2) is 26.3 Å². The number of aryl methyl sites for hydroxylation is 1. The molecule has 2 rings (SSSR count). The Balaban J connectivity index is 1.95. The number of nitrogens with one attached hydrogen (secondary N) is 2. The molecule has 7 heteroatoms. The molecular formula is C13H15FN4OS. The Hall–Kier alpha value is -1.89. The summed E-state index contributed by atoms with van der Waals surface area (Å²) in [6.07, 6.45) is 0.761. The van der Waals surface area contributed by atoms with E-state index in [2.05, 4.69) is 20.5 Å². The number of H-pyrrole nitrogens is 1. The Bertz CT molecular complexity index is 602. The number of aromatic amines is 1. The molecular weight excluding hydrogens is 279 g/mol. The average molecular weight is 294 g/mol. The molecule has 5 nitrogen and oxygen atoms in total. The minimum absolute atomic E-state index is 0.219. The summed E-state index contributed by atoms with van der Waals surface area (Å²) in [4.78, 5) is 16.2. The van der Waals surface area contributed by atoms with Gasteiger partial charge in [-0.3, -0.25) is 9.89 Å². The Morgan fingerprint density at radius 2 is 2.35 bits per heavy atom. The molecule has 0 aliphatic heterocycles. The van der Waals surface area contributed by atoms with E-state index in [1.807, 2.05) is 6.92 Å². The molecule has 0 aliphatic rings. The highest BCUT2D eigenvalue weighted by Gasteiger charge is 2.17. The van der Waals surface area contributed by atoms with Crippen LogP contribution in [0.2, 0.25) is 0 Å². The first-order valence-corrected chi connectivity index (χ1v) is 7.11. The van der Waals surface area contributed by atoms with Gasteiger partial charge in [-0.15, -0.1) is 5.10 Å². The van der Waals surface area contributed by atoms with Gasteiger partial charge in [0.2, 0.25) is 11.1 Å². The summed E-state index contributed by atoms with van der Waals surface area (Å²) in [6.45, 7) is 3.72. The van der Waals surface area contributed by atoms with Crippen LogP contribution in [0, 0.1) is 5.82 Å². The third-order valence-corrected chi connectivity index (χ3v) is 3.55. The molecule has 0 fully saturated rings. The van der Waals surface area contributed by atoms with Crippen LogP contribution in [0.3, 0.4) is 0 Å². The van der Waals surface area contributed by atoms with E-state index >= 15 is 0 Å². The summed E-state index contributed by atoms with van der Waals surface area (Å²) < 4.78 is 13.0. The van der Waals surface area contributed by atoms with Gasteiger partial charge in [0, 0.05) is 12.1 Å². The second-order valence-electron chi connectivity index (χ2n) is 4.18. The van der Waals surface area contributed by atoms with Crippen LogP contribution in [0.5, 0.6) is 0 Å². The average Bonchev–Trinajstić information content (AvgIpc) is 2.86. The molecule has 1 atom stereocenters. The molecule has 1 amide bonds. The van der Waals surface area contributed by atoms with Crippen LogP contribution in [0.1, 0.15) is 19.7 Å². The van der Waals surface area contributed by atoms with E-state index in [0.717, 1.165) is 12.2 Å². The molecule has 2 N–H and O–H groups in total. The fourth-order valence-electron chi connectivity index (χ4n) is 1.51. The fraction of sp³-hybridized carbons (Fsp3) is 0.308. The lowest BCUT2D eigenvalue weighted by Crippen LogP contribution is -2.22. The molecule has 2 aromatic rings. The lowest BCUT2D eigenvalue weighted by atomic mass is 10.3. The number of rotatable bonds is 5. The van der Waals surface area contributed by atoms with Crippen molar-refractivity contribution in [2.75, 3.05) is 5.32 Å². The zero-order chi connectivity index (χ0) is 14.5. The van der Waals surface area contributed by atoms with Gasteiger partial charge in [0.15, 0.2) is 0 Å². The number of halogens is 1. The molecule has 1 aromatic carbocycles. The molecule has 1 aromatic heterocycles. The second kappa shape index (κ2) is 6.51. The van der Waals surface area contributed by atoms with Gasteiger partial charge in [0.1, 0.15) is 11.6 Å². The minimum atomic E-state index is -0.385. The molecule has 1 heterocycles. The van der Waals surface area contributed by atoms with Crippen molar-refractivity contribution in [1.82, 2.24) is 15.2 Å². The van der Waals surface area contributed by atoms with Crippen molar-refractivity contribution in [3.8, 4) is 0 Å².